The minimum Gasteiger partial charge on any atom is -0.512 e. The van der Waals surface area contributed by atoms with E-state index in [1.54, 1.807) is 6.07 Å². The fourth-order valence-corrected chi connectivity index (χ4v) is 3.29. The number of ketones is 1. The van der Waals surface area contributed by atoms with Gasteiger partial charge in [-0.1, -0.05) is 42.8 Å². The number of carboxylic acid groups (broad SMARTS) is 1. The summed E-state index contributed by atoms with van der Waals surface area (Å²) in [7, 11) is 0. The summed E-state index contributed by atoms with van der Waals surface area (Å²) >= 11 is 0. The molecule has 0 aliphatic heterocycles. The number of hydrogen-bond donors (Lipinski definition) is 2. The largest absolute Gasteiger partial charge is 0.512 e. The highest BCUT2D eigenvalue weighted by Crippen LogP contribution is 2.37. The molecule has 0 atom stereocenters. The van der Waals surface area contributed by atoms with Crippen molar-refractivity contribution in [1.29, 1.82) is 0 Å². The van der Waals surface area contributed by atoms with E-state index in [0.29, 0.717) is 17.6 Å². The molecule has 1 aliphatic carbocycles. The van der Waals surface area contributed by atoms with Crippen molar-refractivity contribution in [3.8, 4) is 0 Å². The number of rotatable bonds is 4. The Labute approximate surface area is 158 Å². The van der Waals surface area contributed by atoms with Gasteiger partial charge in [0.2, 0.25) is 0 Å². The van der Waals surface area contributed by atoms with Crippen LogP contribution in [0.3, 0.4) is 0 Å². The third-order valence-corrected chi connectivity index (χ3v) is 4.53. The van der Waals surface area contributed by atoms with Crippen LogP contribution in [0.4, 0.5) is 0 Å². The Bertz CT molecular complexity index is 814. The molecule has 2 N–H and O–H groups in total. The van der Waals surface area contributed by atoms with E-state index in [4.69, 9.17) is 14.3 Å². The van der Waals surface area contributed by atoms with Gasteiger partial charge >= 0.3 is 0 Å². The molecule has 0 spiro atoms. The molecule has 1 aromatic heterocycles. The summed E-state index contributed by atoms with van der Waals surface area (Å²) in [6.45, 7) is 1.86. The molecule has 5 nitrogen and oxygen atoms in total. The number of aliphatic hydroxyl groups is 1. The van der Waals surface area contributed by atoms with Crippen molar-refractivity contribution in [3.05, 3.63) is 77.0 Å². The second kappa shape index (κ2) is 10.2. The van der Waals surface area contributed by atoms with Gasteiger partial charge in [0.25, 0.3) is 6.47 Å². The molecule has 1 aromatic carbocycles. The van der Waals surface area contributed by atoms with Crippen LogP contribution in [-0.2, 0) is 4.79 Å². The maximum absolute atomic E-state index is 13.1. The number of hydrogen-bond acceptors (Lipinski definition) is 4. The van der Waals surface area contributed by atoms with Crippen molar-refractivity contribution in [2.24, 2.45) is 0 Å². The molecule has 0 fully saturated rings. The number of carbonyl (C=O) groups excluding carboxylic acids is 1. The zero-order chi connectivity index (χ0) is 19.6. The molecule has 0 radical (unpaired) electrons. The predicted molar refractivity (Wildman–Crippen MR) is 104 cm³/mol. The van der Waals surface area contributed by atoms with Crippen molar-refractivity contribution >= 4 is 17.8 Å². The molecule has 5 heteroatoms. The molecule has 1 heterocycles. The van der Waals surface area contributed by atoms with Gasteiger partial charge in [-0.05, 0) is 42.9 Å². The van der Waals surface area contributed by atoms with Crippen LogP contribution in [0.15, 0.2) is 70.2 Å². The van der Waals surface area contributed by atoms with Crippen LogP contribution in [-0.4, -0.2) is 22.5 Å². The van der Waals surface area contributed by atoms with Gasteiger partial charge in [0.05, 0.1) is 17.4 Å². The number of allylic oxidation sites excluding steroid dienone is 4. The fraction of sp³-hybridized carbons (Fsp3) is 0.273. The molecule has 27 heavy (non-hydrogen) atoms. The molecule has 0 bridgehead atoms. The lowest BCUT2D eigenvalue weighted by molar-refractivity contribution is -0.122. The van der Waals surface area contributed by atoms with Crippen molar-refractivity contribution < 1.29 is 24.2 Å². The zero-order valence-electron chi connectivity index (χ0n) is 15.4. The summed E-state index contributed by atoms with van der Waals surface area (Å²) in [5.41, 5.74) is 4.00. The highest BCUT2D eigenvalue weighted by atomic mass is 16.3. The van der Waals surface area contributed by atoms with E-state index in [1.165, 1.54) is 18.1 Å². The van der Waals surface area contributed by atoms with Gasteiger partial charge in [-0.15, -0.1) is 0 Å². The third kappa shape index (κ3) is 4.97. The molecule has 3 rings (SSSR count). The summed E-state index contributed by atoms with van der Waals surface area (Å²) in [6, 6.07) is 11.5. The SMILES string of the molecule is CC/C1=C(c2ccccc2)\C(C(=O)c2ccoc2)=C(\O)CCCC1.O=CO. The van der Waals surface area contributed by atoms with Crippen LogP contribution >= 0.6 is 0 Å². The van der Waals surface area contributed by atoms with Gasteiger partial charge in [0.15, 0.2) is 5.78 Å². The molecule has 2 aromatic rings. The van der Waals surface area contributed by atoms with E-state index < -0.39 is 0 Å². The lowest BCUT2D eigenvalue weighted by Crippen LogP contribution is -2.12. The van der Waals surface area contributed by atoms with Crippen LogP contribution < -0.4 is 0 Å². The van der Waals surface area contributed by atoms with E-state index in [2.05, 4.69) is 6.92 Å². The lowest BCUT2D eigenvalue weighted by Gasteiger charge is -2.21. The summed E-state index contributed by atoms with van der Waals surface area (Å²) in [5.74, 6) is 0.0126. The van der Waals surface area contributed by atoms with Crippen LogP contribution in [0, 0.1) is 0 Å². The predicted octanol–water partition coefficient (Wildman–Crippen LogP) is 5.41. The van der Waals surface area contributed by atoms with E-state index >= 15 is 0 Å². The number of benzene rings is 1. The molecule has 1 aliphatic rings. The maximum atomic E-state index is 13.1. The Kier molecular flexibility index (Phi) is 7.62. The molecule has 142 valence electrons. The summed E-state index contributed by atoms with van der Waals surface area (Å²) in [5, 5.41) is 17.6. The normalized spacial score (nSPS) is 20.0. The Hall–Kier alpha value is -3.08. The second-order valence-corrected chi connectivity index (χ2v) is 6.17. The average Bonchev–Trinajstić information content (AvgIpc) is 3.21. The van der Waals surface area contributed by atoms with Gasteiger partial charge in [-0.3, -0.25) is 9.59 Å². The summed E-state index contributed by atoms with van der Waals surface area (Å²) < 4.78 is 5.07. The van der Waals surface area contributed by atoms with Gasteiger partial charge in [-0.2, -0.15) is 0 Å². The van der Waals surface area contributed by atoms with Crippen LogP contribution in [0.25, 0.3) is 5.57 Å². The van der Waals surface area contributed by atoms with Gasteiger partial charge in [0.1, 0.15) is 12.0 Å². The first-order valence-electron chi connectivity index (χ1n) is 8.98. The molecular formula is C22H24O5. The number of carbonyl (C=O) groups is 2. The van der Waals surface area contributed by atoms with Gasteiger partial charge in [0, 0.05) is 6.42 Å². The van der Waals surface area contributed by atoms with Gasteiger partial charge in [-0.25, -0.2) is 0 Å². The molecule has 0 unspecified atom stereocenters. The second-order valence-electron chi connectivity index (χ2n) is 6.17. The number of furan rings is 1. The Morgan fingerprint density at radius 3 is 2.41 bits per heavy atom. The number of Topliss-reactive ketones (excluding diaryl/α,β-unsaturated/α-hetero) is 1. The van der Waals surface area contributed by atoms with Gasteiger partial charge < -0.3 is 14.6 Å². The quantitative estimate of drug-likeness (QED) is 0.556. The first-order chi connectivity index (χ1) is 13.1. The Morgan fingerprint density at radius 1 is 1.15 bits per heavy atom. The van der Waals surface area contributed by atoms with E-state index in [0.717, 1.165) is 36.8 Å². The van der Waals surface area contributed by atoms with E-state index in [1.807, 2.05) is 30.3 Å². The Balaban J connectivity index is 0.000000817. The summed E-state index contributed by atoms with van der Waals surface area (Å²) in [4.78, 5) is 21.4. The van der Waals surface area contributed by atoms with E-state index in [9.17, 15) is 9.90 Å². The first-order valence-corrected chi connectivity index (χ1v) is 8.98. The zero-order valence-corrected chi connectivity index (χ0v) is 15.4. The highest BCUT2D eigenvalue weighted by Gasteiger charge is 2.26. The molecule has 0 amide bonds. The topological polar surface area (TPSA) is 87.7 Å². The standard InChI is InChI=1S/C21H22O3.CH2O2/c1-2-15-8-6-7-11-18(22)20(21(23)17-12-13-24-14-17)19(15)16-9-4-3-5-10-16;2-1-3/h3-5,9-10,12-14,22H,2,6-8,11H2,1H3;1H,(H,2,3)/b19-15+,20-18-;. The van der Waals surface area contributed by atoms with Crippen molar-refractivity contribution in [2.75, 3.05) is 0 Å². The van der Waals surface area contributed by atoms with Crippen LogP contribution in [0.2, 0.25) is 0 Å². The van der Waals surface area contributed by atoms with E-state index in [-0.39, 0.29) is 18.0 Å². The Morgan fingerprint density at radius 2 is 1.81 bits per heavy atom. The monoisotopic (exact) mass is 368 g/mol. The van der Waals surface area contributed by atoms with Crippen molar-refractivity contribution in [3.63, 3.8) is 0 Å². The molecule has 0 saturated carbocycles. The lowest BCUT2D eigenvalue weighted by atomic mass is 9.83. The minimum atomic E-state index is -0.250. The first kappa shape index (κ1) is 20.2. The van der Waals surface area contributed by atoms with Crippen LogP contribution in [0.1, 0.15) is 54.9 Å². The van der Waals surface area contributed by atoms with Crippen molar-refractivity contribution in [2.45, 2.75) is 39.0 Å². The third-order valence-electron chi connectivity index (χ3n) is 4.53. The maximum Gasteiger partial charge on any atom is 0.290 e. The average molecular weight is 368 g/mol. The molecule has 0 saturated heterocycles. The number of aliphatic hydroxyl groups excluding tert-OH is 1. The fourth-order valence-electron chi connectivity index (χ4n) is 3.29. The van der Waals surface area contributed by atoms with Crippen molar-refractivity contribution in [1.82, 2.24) is 0 Å². The smallest absolute Gasteiger partial charge is 0.290 e. The highest BCUT2D eigenvalue weighted by molar-refractivity contribution is 6.19. The van der Waals surface area contributed by atoms with Crippen LogP contribution in [0.5, 0.6) is 0 Å². The molecular weight excluding hydrogens is 344 g/mol. The minimum absolute atomic E-state index is 0.173. The summed E-state index contributed by atoms with van der Waals surface area (Å²) in [6.07, 6.45) is 7.19.